The second-order valence-corrected chi connectivity index (χ2v) is 4.26. The third-order valence-electron chi connectivity index (χ3n) is 2.52. The Morgan fingerprint density at radius 3 is 2.60 bits per heavy atom. The van der Waals surface area contributed by atoms with Gasteiger partial charge in [-0.05, 0) is 46.5 Å². The highest BCUT2D eigenvalue weighted by Gasteiger charge is 2.12. The van der Waals surface area contributed by atoms with E-state index in [1.54, 1.807) is 13.0 Å². The van der Waals surface area contributed by atoms with E-state index in [2.05, 4.69) is 31.7 Å². The monoisotopic (exact) mass is 208 g/mol. The zero-order chi connectivity index (χ0) is 11.7. The van der Waals surface area contributed by atoms with Gasteiger partial charge in [0.05, 0.1) is 5.60 Å². The molecule has 0 amide bonds. The number of hydrogen-bond acceptors (Lipinski definition) is 1. The van der Waals surface area contributed by atoms with Crippen LogP contribution in [-0.2, 0) is 0 Å². The van der Waals surface area contributed by atoms with Crippen LogP contribution in [0, 0.1) is 0 Å². The van der Waals surface area contributed by atoms with E-state index in [1.807, 2.05) is 6.92 Å². The van der Waals surface area contributed by atoms with Gasteiger partial charge in [-0.2, -0.15) is 0 Å². The summed E-state index contributed by atoms with van der Waals surface area (Å²) >= 11 is 0. The third kappa shape index (κ3) is 8.19. The van der Waals surface area contributed by atoms with Crippen molar-refractivity contribution in [2.45, 2.75) is 52.1 Å². The van der Waals surface area contributed by atoms with Crippen LogP contribution in [-0.4, -0.2) is 10.7 Å². The Labute approximate surface area is 94.2 Å². The Bertz CT molecular complexity index is 234. The molecule has 0 saturated carbocycles. The molecule has 0 rings (SSSR count). The fourth-order valence-corrected chi connectivity index (χ4v) is 1.29. The van der Waals surface area contributed by atoms with Gasteiger partial charge in [-0.15, -0.1) is 6.58 Å². The lowest BCUT2D eigenvalue weighted by atomic mass is 9.99. The van der Waals surface area contributed by atoms with Gasteiger partial charge < -0.3 is 5.11 Å². The SMILES string of the molecule is C=C[C@@](C)(O)CC/C=C(\C)CC/C=C/C. The Morgan fingerprint density at radius 1 is 1.40 bits per heavy atom. The maximum Gasteiger partial charge on any atom is 0.0800 e. The molecule has 1 nitrogen and oxygen atoms in total. The number of hydrogen-bond donors (Lipinski definition) is 1. The molecule has 15 heavy (non-hydrogen) atoms. The summed E-state index contributed by atoms with van der Waals surface area (Å²) in [6, 6.07) is 0. The van der Waals surface area contributed by atoms with E-state index in [-0.39, 0.29) is 0 Å². The molecule has 0 bridgehead atoms. The molecule has 86 valence electrons. The first kappa shape index (κ1) is 14.2. The summed E-state index contributed by atoms with van der Waals surface area (Å²) in [5.41, 5.74) is 0.674. The summed E-state index contributed by atoms with van der Waals surface area (Å²) in [7, 11) is 0. The molecule has 0 aromatic rings. The third-order valence-corrected chi connectivity index (χ3v) is 2.52. The van der Waals surface area contributed by atoms with Crippen molar-refractivity contribution in [2.24, 2.45) is 0 Å². The first-order valence-corrected chi connectivity index (χ1v) is 5.64. The number of rotatable bonds is 7. The first-order chi connectivity index (χ1) is 7.02. The van der Waals surface area contributed by atoms with Gasteiger partial charge in [-0.1, -0.05) is 29.9 Å². The normalized spacial score (nSPS) is 16.7. The Kier molecular flexibility index (Phi) is 7.06. The second-order valence-electron chi connectivity index (χ2n) is 4.26. The number of aliphatic hydroxyl groups is 1. The summed E-state index contributed by atoms with van der Waals surface area (Å²) in [5, 5.41) is 9.69. The fourth-order valence-electron chi connectivity index (χ4n) is 1.29. The zero-order valence-electron chi connectivity index (χ0n) is 10.3. The predicted octanol–water partition coefficient (Wildman–Crippen LogP) is 4.01. The van der Waals surface area contributed by atoms with Gasteiger partial charge in [-0.3, -0.25) is 0 Å². The second kappa shape index (κ2) is 7.47. The molecule has 0 unspecified atom stereocenters. The predicted molar refractivity (Wildman–Crippen MR) is 67.9 cm³/mol. The summed E-state index contributed by atoms with van der Waals surface area (Å²) in [6.45, 7) is 9.59. The van der Waals surface area contributed by atoms with Gasteiger partial charge in [0.2, 0.25) is 0 Å². The Hall–Kier alpha value is -0.820. The number of allylic oxidation sites excluding steroid dienone is 4. The van der Waals surface area contributed by atoms with Crippen LogP contribution in [0.3, 0.4) is 0 Å². The fraction of sp³-hybridized carbons (Fsp3) is 0.571. The van der Waals surface area contributed by atoms with E-state index in [9.17, 15) is 5.11 Å². The average molecular weight is 208 g/mol. The molecule has 0 aromatic carbocycles. The van der Waals surface area contributed by atoms with Crippen molar-refractivity contribution in [1.29, 1.82) is 0 Å². The van der Waals surface area contributed by atoms with Crippen LogP contribution >= 0.6 is 0 Å². The molecule has 0 spiro atoms. The lowest BCUT2D eigenvalue weighted by Crippen LogP contribution is -2.19. The van der Waals surface area contributed by atoms with Crippen molar-refractivity contribution in [1.82, 2.24) is 0 Å². The topological polar surface area (TPSA) is 20.2 Å². The molecule has 0 aliphatic rings. The van der Waals surface area contributed by atoms with Crippen molar-refractivity contribution >= 4 is 0 Å². The largest absolute Gasteiger partial charge is 0.386 e. The summed E-state index contributed by atoms with van der Waals surface area (Å²) in [4.78, 5) is 0. The van der Waals surface area contributed by atoms with E-state index in [0.717, 1.165) is 25.7 Å². The summed E-state index contributed by atoms with van der Waals surface area (Å²) in [6.07, 6.45) is 12.0. The van der Waals surface area contributed by atoms with Gasteiger partial charge in [0.15, 0.2) is 0 Å². The van der Waals surface area contributed by atoms with Gasteiger partial charge >= 0.3 is 0 Å². The summed E-state index contributed by atoms with van der Waals surface area (Å²) < 4.78 is 0. The molecular weight excluding hydrogens is 184 g/mol. The van der Waals surface area contributed by atoms with E-state index >= 15 is 0 Å². The average Bonchev–Trinajstić information content (AvgIpc) is 2.18. The molecule has 1 atom stereocenters. The molecule has 1 N–H and O–H groups in total. The maximum atomic E-state index is 9.69. The first-order valence-electron chi connectivity index (χ1n) is 5.64. The van der Waals surface area contributed by atoms with E-state index in [1.165, 1.54) is 5.57 Å². The Morgan fingerprint density at radius 2 is 2.07 bits per heavy atom. The maximum absolute atomic E-state index is 9.69. The molecular formula is C14H24O. The van der Waals surface area contributed by atoms with Crippen LogP contribution in [0.2, 0.25) is 0 Å². The highest BCUT2D eigenvalue weighted by atomic mass is 16.3. The molecule has 0 heterocycles. The van der Waals surface area contributed by atoms with Crippen molar-refractivity contribution in [3.8, 4) is 0 Å². The standard InChI is InChI=1S/C14H24O/c1-5-7-8-10-13(3)11-9-12-14(4,15)6-2/h5-7,11,15H,2,8-10,12H2,1,3-4H3/b7-5+,13-11+/t14-/m1/s1. The minimum Gasteiger partial charge on any atom is -0.386 e. The van der Waals surface area contributed by atoms with Crippen LogP contribution in [0.4, 0.5) is 0 Å². The molecule has 0 saturated heterocycles. The molecule has 0 aromatic heterocycles. The summed E-state index contributed by atoms with van der Waals surface area (Å²) in [5.74, 6) is 0. The quantitative estimate of drug-likeness (QED) is 0.627. The minimum atomic E-state index is -0.722. The van der Waals surface area contributed by atoms with Gasteiger partial charge in [0.1, 0.15) is 0 Å². The van der Waals surface area contributed by atoms with Crippen LogP contribution < -0.4 is 0 Å². The van der Waals surface area contributed by atoms with Crippen molar-refractivity contribution in [3.63, 3.8) is 0 Å². The van der Waals surface area contributed by atoms with Gasteiger partial charge in [-0.25, -0.2) is 0 Å². The van der Waals surface area contributed by atoms with Crippen LogP contribution in [0.5, 0.6) is 0 Å². The highest BCUT2D eigenvalue weighted by molar-refractivity contribution is 5.02. The van der Waals surface area contributed by atoms with E-state index in [4.69, 9.17) is 0 Å². The zero-order valence-corrected chi connectivity index (χ0v) is 10.3. The van der Waals surface area contributed by atoms with Crippen molar-refractivity contribution < 1.29 is 5.11 Å². The highest BCUT2D eigenvalue weighted by Crippen LogP contribution is 2.15. The molecule has 1 heteroatoms. The van der Waals surface area contributed by atoms with E-state index < -0.39 is 5.60 Å². The van der Waals surface area contributed by atoms with Gasteiger partial charge in [0.25, 0.3) is 0 Å². The van der Waals surface area contributed by atoms with Crippen LogP contribution in [0.15, 0.2) is 36.5 Å². The lowest BCUT2D eigenvalue weighted by Gasteiger charge is -2.16. The molecule has 0 aliphatic carbocycles. The molecule has 0 fully saturated rings. The molecule has 0 radical (unpaired) electrons. The van der Waals surface area contributed by atoms with E-state index in [0.29, 0.717) is 0 Å². The minimum absolute atomic E-state index is 0.722. The Balaban J connectivity index is 3.80. The molecule has 0 aliphatic heterocycles. The van der Waals surface area contributed by atoms with Gasteiger partial charge in [0, 0.05) is 0 Å². The smallest absolute Gasteiger partial charge is 0.0800 e. The lowest BCUT2D eigenvalue weighted by molar-refractivity contribution is 0.103. The van der Waals surface area contributed by atoms with Crippen molar-refractivity contribution in [3.05, 3.63) is 36.5 Å². The van der Waals surface area contributed by atoms with Crippen molar-refractivity contribution in [2.75, 3.05) is 0 Å². The van der Waals surface area contributed by atoms with Crippen LogP contribution in [0.1, 0.15) is 46.5 Å². The van der Waals surface area contributed by atoms with Crippen LogP contribution in [0.25, 0.3) is 0 Å².